The van der Waals surface area contributed by atoms with E-state index in [-0.39, 0.29) is 24.0 Å². The lowest BCUT2D eigenvalue weighted by Crippen LogP contribution is -2.42. The summed E-state index contributed by atoms with van der Waals surface area (Å²) in [5.74, 6) is 0.138. The summed E-state index contributed by atoms with van der Waals surface area (Å²) in [5.41, 5.74) is 0. The molecule has 4 heteroatoms. The third kappa shape index (κ3) is 4.75. The number of amides is 1. The Hall–Kier alpha value is -1.06. The van der Waals surface area contributed by atoms with Gasteiger partial charge in [0.15, 0.2) is 0 Å². The van der Waals surface area contributed by atoms with Crippen LogP contribution in [-0.4, -0.2) is 35.5 Å². The molecule has 17 heavy (non-hydrogen) atoms. The monoisotopic (exact) mass is 241 g/mol. The Kier molecular flexibility index (Phi) is 5.45. The molecular weight excluding hydrogens is 218 g/mol. The third-order valence-corrected chi connectivity index (χ3v) is 2.97. The smallest absolute Gasteiger partial charge is 0.410 e. The van der Waals surface area contributed by atoms with Crippen LogP contribution in [0.3, 0.4) is 0 Å². The maximum Gasteiger partial charge on any atom is 0.410 e. The van der Waals surface area contributed by atoms with Crippen molar-refractivity contribution in [1.82, 2.24) is 4.90 Å². The predicted molar refractivity (Wildman–Crippen MR) is 65.9 cm³/mol. The molecule has 0 aromatic rings. The van der Waals surface area contributed by atoms with E-state index in [1.807, 2.05) is 13.8 Å². The number of rotatable bonds is 3. The van der Waals surface area contributed by atoms with Gasteiger partial charge in [0.1, 0.15) is 5.78 Å². The van der Waals surface area contributed by atoms with Crippen molar-refractivity contribution in [2.45, 2.75) is 65.0 Å². The molecule has 4 nitrogen and oxygen atoms in total. The number of hydrogen-bond donors (Lipinski definition) is 0. The van der Waals surface area contributed by atoms with E-state index in [1.54, 1.807) is 11.8 Å². The van der Waals surface area contributed by atoms with Gasteiger partial charge in [-0.15, -0.1) is 0 Å². The van der Waals surface area contributed by atoms with Crippen molar-refractivity contribution in [3.63, 3.8) is 0 Å². The van der Waals surface area contributed by atoms with E-state index in [9.17, 15) is 9.59 Å². The number of ether oxygens (including phenoxy) is 1. The van der Waals surface area contributed by atoms with E-state index in [4.69, 9.17) is 4.74 Å². The van der Waals surface area contributed by atoms with Crippen molar-refractivity contribution in [3.8, 4) is 0 Å². The number of nitrogens with zero attached hydrogens (tertiary/aromatic N) is 1. The molecule has 1 aliphatic rings. The predicted octanol–water partition coefficient (Wildman–Crippen LogP) is 2.76. The minimum Gasteiger partial charge on any atom is -0.447 e. The van der Waals surface area contributed by atoms with Gasteiger partial charge in [0.25, 0.3) is 0 Å². The molecule has 0 spiro atoms. The molecular formula is C13H23NO3. The van der Waals surface area contributed by atoms with E-state index in [0.29, 0.717) is 13.0 Å². The minimum atomic E-state index is -0.270. The highest BCUT2D eigenvalue weighted by Gasteiger charge is 2.27. The molecule has 0 aromatic carbocycles. The summed E-state index contributed by atoms with van der Waals surface area (Å²) >= 11 is 0. The maximum atomic E-state index is 11.9. The molecule has 98 valence electrons. The van der Waals surface area contributed by atoms with Crippen LogP contribution in [0.15, 0.2) is 0 Å². The second-order valence-electron chi connectivity index (χ2n) is 5.04. The normalized spacial score (nSPS) is 21.2. The topological polar surface area (TPSA) is 46.6 Å². The Morgan fingerprint density at radius 2 is 2.00 bits per heavy atom. The molecule has 1 unspecified atom stereocenters. The first-order valence-corrected chi connectivity index (χ1v) is 6.47. The van der Waals surface area contributed by atoms with Gasteiger partial charge < -0.3 is 9.64 Å². The zero-order valence-electron chi connectivity index (χ0n) is 11.1. The van der Waals surface area contributed by atoms with Crippen molar-refractivity contribution < 1.29 is 14.3 Å². The molecule has 1 fully saturated rings. The van der Waals surface area contributed by atoms with Crippen LogP contribution in [0.1, 0.15) is 52.9 Å². The first-order valence-electron chi connectivity index (χ1n) is 6.47. The van der Waals surface area contributed by atoms with E-state index in [1.165, 1.54) is 0 Å². The molecule has 1 heterocycles. The molecule has 1 aliphatic heterocycles. The van der Waals surface area contributed by atoms with Gasteiger partial charge in [-0.25, -0.2) is 4.79 Å². The van der Waals surface area contributed by atoms with Gasteiger partial charge in [-0.1, -0.05) is 12.8 Å². The van der Waals surface area contributed by atoms with Crippen molar-refractivity contribution in [2.24, 2.45) is 0 Å². The second-order valence-corrected chi connectivity index (χ2v) is 5.04. The van der Waals surface area contributed by atoms with Gasteiger partial charge >= 0.3 is 6.09 Å². The Labute approximate surface area is 103 Å². The van der Waals surface area contributed by atoms with Crippen molar-refractivity contribution in [3.05, 3.63) is 0 Å². The van der Waals surface area contributed by atoms with E-state index >= 15 is 0 Å². The van der Waals surface area contributed by atoms with Gasteiger partial charge in [-0.2, -0.15) is 0 Å². The van der Waals surface area contributed by atoms with Gasteiger partial charge in [0.2, 0.25) is 0 Å². The lowest BCUT2D eigenvalue weighted by Gasteiger charge is -2.29. The fraction of sp³-hybridized carbons (Fsp3) is 0.846. The molecule has 1 saturated heterocycles. The Bertz CT molecular complexity index is 276. The van der Waals surface area contributed by atoms with Crippen molar-refractivity contribution in [2.75, 3.05) is 6.54 Å². The van der Waals surface area contributed by atoms with Gasteiger partial charge in [-0.05, 0) is 33.6 Å². The average Bonchev–Trinajstić information content (AvgIpc) is 2.41. The van der Waals surface area contributed by atoms with Crippen LogP contribution in [0.25, 0.3) is 0 Å². The summed E-state index contributed by atoms with van der Waals surface area (Å²) in [7, 11) is 0. The second kappa shape index (κ2) is 6.62. The van der Waals surface area contributed by atoms with Crippen LogP contribution < -0.4 is 0 Å². The minimum absolute atomic E-state index is 0.0289. The highest BCUT2D eigenvalue weighted by atomic mass is 16.6. The fourth-order valence-electron chi connectivity index (χ4n) is 2.23. The van der Waals surface area contributed by atoms with E-state index in [2.05, 4.69) is 0 Å². The average molecular weight is 241 g/mol. The fourth-order valence-corrected chi connectivity index (χ4v) is 2.23. The molecule has 0 N–H and O–H groups in total. The van der Waals surface area contributed by atoms with Gasteiger partial charge in [0, 0.05) is 19.0 Å². The van der Waals surface area contributed by atoms with Crippen LogP contribution in [-0.2, 0) is 9.53 Å². The highest BCUT2D eigenvalue weighted by Crippen LogP contribution is 2.20. The first-order chi connectivity index (χ1) is 8.00. The summed E-state index contributed by atoms with van der Waals surface area (Å²) in [5, 5.41) is 0. The summed E-state index contributed by atoms with van der Waals surface area (Å²) in [6, 6.07) is 0.0289. The van der Waals surface area contributed by atoms with Crippen LogP contribution in [0.4, 0.5) is 4.79 Å². The molecule has 0 bridgehead atoms. The molecule has 0 aromatic heterocycles. The molecule has 0 radical (unpaired) electrons. The first kappa shape index (κ1) is 14.0. The van der Waals surface area contributed by atoms with Crippen LogP contribution in [0.5, 0.6) is 0 Å². The Morgan fingerprint density at radius 1 is 1.29 bits per heavy atom. The SMILES string of the molecule is CC(=O)CC1CCCCCN1C(=O)OC(C)C. The summed E-state index contributed by atoms with van der Waals surface area (Å²) in [6.45, 7) is 5.98. The highest BCUT2D eigenvalue weighted by molar-refractivity contribution is 5.77. The number of Topliss-reactive ketones (excluding diaryl/α,β-unsaturated/α-hetero) is 1. The van der Waals surface area contributed by atoms with Gasteiger partial charge in [-0.3, -0.25) is 4.79 Å². The number of carbonyl (C=O) groups is 2. The van der Waals surface area contributed by atoms with E-state index in [0.717, 1.165) is 25.7 Å². The van der Waals surface area contributed by atoms with Gasteiger partial charge in [0.05, 0.1) is 6.10 Å². The van der Waals surface area contributed by atoms with Crippen LogP contribution in [0.2, 0.25) is 0 Å². The molecule has 1 rings (SSSR count). The molecule has 1 amide bonds. The summed E-state index contributed by atoms with van der Waals surface area (Å²) < 4.78 is 5.23. The van der Waals surface area contributed by atoms with E-state index < -0.39 is 0 Å². The quantitative estimate of drug-likeness (QED) is 0.763. The summed E-state index contributed by atoms with van der Waals surface area (Å²) in [6.07, 6.45) is 4.20. The number of likely N-dealkylation sites (tertiary alicyclic amines) is 1. The molecule has 0 saturated carbocycles. The number of carbonyl (C=O) groups excluding carboxylic acids is 2. The largest absolute Gasteiger partial charge is 0.447 e. The lowest BCUT2D eigenvalue weighted by atomic mass is 10.0. The molecule has 0 aliphatic carbocycles. The lowest BCUT2D eigenvalue weighted by molar-refractivity contribution is -0.118. The van der Waals surface area contributed by atoms with Crippen molar-refractivity contribution in [1.29, 1.82) is 0 Å². The third-order valence-electron chi connectivity index (χ3n) is 2.97. The number of hydrogen-bond acceptors (Lipinski definition) is 3. The summed E-state index contributed by atoms with van der Waals surface area (Å²) in [4.78, 5) is 24.9. The maximum absolute atomic E-state index is 11.9. The molecule has 1 atom stereocenters. The van der Waals surface area contributed by atoms with Crippen LogP contribution in [0, 0.1) is 0 Å². The zero-order valence-corrected chi connectivity index (χ0v) is 11.1. The standard InChI is InChI=1S/C13H23NO3/c1-10(2)17-13(16)14-8-6-4-5-7-12(14)9-11(3)15/h10,12H,4-9H2,1-3H3. The number of ketones is 1. The zero-order chi connectivity index (χ0) is 12.8. The van der Waals surface area contributed by atoms with Crippen molar-refractivity contribution >= 4 is 11.9 Å². The Morgan fingerprint density at radius 3 is 2.59 bits per heavy atom. The Balaban J connectivity index is 2.67. The van der Waals surface area contributed by atoms with Crippen LogP contribution >= 0.6 is 0 Å².